The summed E-state index contributed by atoms with van der Waals surface area (Å²) in [5.74, 6) is -12.4. The van der Waals surface area contributed by atoms with Gasteiger partial charge in [0.1, 0.15) is 54.4 Å². The van der Waals surface area contributed by atoms with Crippen molar-refractivity contribution in [3.05, 3.63) is 0 Å². The van der Waals surface area contributed by atoms with Gasteiger partial charge in [0.15, 0.2) is 47.7 Å². The van der Waals surface area contributed by atoms with Crippen LogP contribution in [0.25, 0.3) is 0 Å². The van der Waals surface area contributed by atoms with Crippen LogP contribution in [0.15, 0.2) is 0 Å². The fourth-order valence-corrected chi connectivity index (χ4v) is 9.45. The van der Waals surface area contributed by atoms with E-state index >= 15 is 0 Å². The predicted molar refractivity (Wildman–Crippen MR) is 378 cm³/mol. The summed E-state index contributed by atoms with van der Waals surface area (Å²) >= 11 is 4.08. The number of hydrogen-bond donors (Lipinski definition) is 36. The van der Waals surface area contributed by atoms with Crippen molar-refractivity contribution in [2.45, 2.75) is 157 Å². The van der Waals surface area contributed by atoms with Crippen LogP contribution in [0.4, 0.5) is 0 Å². The molecule has 44 N–H and O–H groups in total. The Morgan fingerprint density at radius 2 is 0.420 bits per heavy atom. The van der Waals surface area contributed by atoms with E-state index < -0.39 is 143 Å². The molecule has 0 spiro atoms. The monoisotopic (exact) mass is 1440 g/mol. The predicted octanol–water partition coefficient (Wildman–Crippen LogP) is -11.9. The molecule has 0 aromatic carbocycles. The Morgan fingerprint density at radius 3 is 0.550 bits per heavy atom. The van der Waals surface area contributed by atoms with Crippen LogP contribution < -0.4 is 147 Å². The topological polar surface area (TPSA) is 812 Å². The maximum Gasteiger partial charge on any atom is 0.243 e. The number of amides is 10. The third kappa shape index (κ3) is 43.4. The lowest BCUT2D eigenvalue weighted by Gasteiger charge is -2.28. The smallest absolute Gasteiger partial charge is 0.243 e. The van der Waals surface area contributed by atoms with Crippen LogP contribution >= 0.6 is 12.6 Å². The molecule has 100 heavy (non-hydrogen) atoms. The van der Waals surface area contributed by atoms with Crippen molar-refractivity contribution in [2.75, 3.05) is 71.7 Å². The number of thiol groups is 1. The first kappa shape index (κ1) is 89.2. The van der Waals surface area contributed by atoms with Crippen LogP contribution in [0.1, 0.15) is 103 Å². The molecule has 566 valence electrons. The average molecular weight is 1440 g/mol. The molecule has 0 rings (SSSR count). The van der Waals surface area contributed by atoms with E-state index in [0.29, 0.717) is 0 Å². The molecule has 0 aliphatic rings. The molecule has 0 saturated carbocycles. The summed E-state index contributed by atoms with van der Waals surface area (Å²) in [5.41, 5.74) is 49.4. The number of hydrogen-bond acceptors (Lipinski definition) is 20. The summed E-state index contributed by atoms with van der Waals surface area (Å²) in [6.07, 6.45) is -0.619. The Balaban J connectivity index is 7.76. The van der Waals surface area contributed by atoms with E-state index in [9.17, 15) is 47.9 Å². The van der Waals surface area contributed by atoms with Gasteiger partial charge in [-0.1, -0.05) is 0 Å². The minimum Gasteiger partial charge on any atom is -0.370 e. The number of carbonyl (C=O) groups excluding carboxylic acids is 10. The van der Waals surface area contributed by atoms with E-state index in [1.165, 1.54) is 7.05 Å². The maximum atomic E-state index is 14.8. The highest BCUT2D eigenvalue weighted by Crippen LogP contribution is 2.11. The van der Waals surface area contributed by atoms with E-state index in [-0.39, 0.29) is 185 Å². The SMILES string of the molecule is CNCC(=O)N[C@H](CCCNC(=N)N)C(=O)N[C@H](CCCNC(=N)N)C(=O)N[C@H](CCCNC(=N)N)C(=O)N[C@H](CCCNC(=N)N)C(=O)N[C@H](CCCNC(=N)N)C(=O)N[C@H](CCCNC(=N)N)C(=O)N[C@H](CCCNC(=N)N)C(=O)N[C@H](CCCNC(=N)N)C(=O)N[C@H](CS)C(N)=O. The Bertz CT molecular complexity index is 2750. The summed E-state index contributed by atoms with van der Waals surface area (Å²) < 4.78 is 0. The van der Waals surface area contributed by atoms with Crippen molar-refractivity contribution in [1.29, 1.82) is 43.3 Å². The van der Waals surface area contributed by atoms with Gasteiger partial charge in [-0.15, -0.1) is 0 Å². The molecule has 0 heterocycles. The molecule has 0 unspecified atom stereocenters. The third-order valence-electron chi connectivity index (χ3n) is 14.1. The van der Waals surface area contributed by atoms with E-state index in [1.54, 1.807) is 0 Å². The fourth-order valence-electron chi connectivity index (χ4n) is 9.18. The van der Waals surface area contributed by atoms with Crippen molar-refractivity contribution < 1.29 is 47.9 Å². The lowest BCUT2D eigenvalue weighted by atomic mass is 10.0. The van der Waals surface area contributed by atoms with Gasteiger partial charge in [0.2, 0.25) is 59.1 Å². The molecule has 0 aliphatic heterocycles. The van der Waals surface area contributed by atoms with Crippen LogP contribution in [0.3, 0.4) is 0 Å². The molecule has 0 aromatic rings. The lowest BCUT2D eigenvalue weighted by molar-refractivity contribution is -0.136. The second kappa shape index (κ2) is 51.4. The molecule has 0 aromatic heterocycles. The van der Waals surface area contributed by atoms with Crippen LogP contribution in [0.5, 0.6) is 0 Å². The highest BCUT2D eigenvalue weighted by atomic mass is 32.1. The Kier molecular flexibility index (Phi) is 45.8. The van der Waals surface area contributed by atoms with E-state index in [2.05, 4.69) is 108 Å². The van der Waals surface area contributed by atoms with Gasteiger partial charge in [-0.3, -0.25) is 91.2 Å². The first-order valence-corrected chi connectivity index (χ1v) is 32.7. The van der Waals surface area contributed by atoms with Crippen molar-refractivity contribution in [3.63, 3.8) is 0 Å². The molecule has 0 fully saturated rings. The molecule has 0 radical (unpaired) electrons. The Labute approximate surface area is 584 Å². The average Bonchev–Trinajstić information content (AvgIpc) is 0.867. The number of nitrogens with two attached hydrogens (primary N) is 9. The third-order valence-corrected chi connectivity index (χ3v) is 14.5. The first-order chi connectivity index (χ1) is 47.2. The number of likely N-dealkylation sites (N-methyl/N-ethyl adjacent to an activating group) is 1. The second-order valence-corrected chi connectivity index (χ2v) is 23.0. The number of primary amides is 1. The molecular weight excluding hydrogens is 1330 g/mol. The standard InChI is InChI=1S/C54H109N35O10S/c1-72-26-37(90)81-28(10-2-18-73-47(56)57)39(92)82-29(11-3-19-74-48(58)59)40(93)83-30(12-4-20-75-49(60)61)41(94)84-31(13-5-21-76-50(62)63)42(95)85-32(14-6-22-77-51(64)65)43(96)86-33(15-7-23-78-52(66)67)44(97)87-34(16-8-24-79-53(68)69)45(98)88-35(17-9-25-80-54(70)71)46(99)89-36(27-100)38(55)91/h28-36,72,100H,2-27H2,1H3,(H2,55,91)(H,81,90)(H,82,92)(H,83,93)(H,84,94)(H,85,95)(H,86,96)(H,87,97)(H,88,98)(H,89,99)(H4,56,57,73)(H4,58,59,74)(H4,60,61,75)(H4,62,63,76)(H4,64,65,77)(H4,66,67,78)(H4,68,69,79)(H4,70,71,80)/t28-,29-,30-,31-,32-,33-,34-,35-,36-/m1/s1. The summed E-state index contributed by atoms with van der Waals surface area (Å²) in [4.78, 5) is 140. The van der Waals surface area contributed by atoms with Gasteiger partial charge in [-0.2, -0.15) is 12.6 Å². The van der Waals surface area contributed by atoms with Gasteiger partial charge in [0.05, 0.1) is 6.54 Å². The molecule has 0 bridgehead atoms. The van der Waals surface area contributed by atoms with Crippen LogP contribution in [0.2, 0.25) is 0 Å². The minimum absolute atomic E-state index is 0.00525. The second-order valence-electron chi connectivity index (χ2n) is 22.6. The summed E-state index contributed by atoms with van der Waals surface area (Å²) in [6, 6.07) is -13.0. The van der Waals surface area contributed by atoms with Crippen molar-refractivity contribution in [3.8, 4) is 0 Å². The summed E-state index contributed by atoms with van der Waals surface area (Å²) in [6.45, 7) is 0.0623. The lowest BCUT2D eigenvalue weighted by Crippen LogP contribution is -2.60. The van der Waals surface area contributed by atoms with Gasteiger partial charge < -0.3 is 147 Å². The Hall–Kier alpha value is -10.8. The maximum absolute atomic E-state index is 14.8. The zero-order valence-electron chi connectivity index (χ0n) is 56.3. The molecule has 0 aliphatic carbocycles. The van der Waals surface area contributed by atoms with Crippen LogP contribution in [-0.2, 0) is 47.9 Å². The van der Waals surface area contributed by atoms with Gasteiger partial charge in [0.25, 0.3) is 0 Å². The van der Waals surface area contributed by atoms with E-state index in [1.807, 2.05) is 0 Å². The fraction of sp³-hybridized carbons (Fsp3) is 0.667. The summed E-state index contributed by atoms with van der Waals surface area (Å²) in [7, 11) is 1.51. The normalized spacial score (nSPS) is 13.3. The molecule has 0 saturated heterocycles. The zero-order valence-corrected chi connectivity index (χ0v) is 57.2. The van der Waals surface area contributed by atoms with Gasteiger partial charge in [-0.05, 0) is 110 Å². The number of nitrogens with one attached hydrogen (secondary N) is 26. The summed E-state index contributed by atoms with van der Waals surface area (Å²) in [5, 5.41) is 108. The van der Waals surface area contributed by atoms with Gasteiger partial charge >= 0.3 is 0 Å². The van der Waals surface area contributed by atoms with Crippen molar-refractivity contribution in [2.24, 2.45) is 51.6 Å². The molecule has 10 amide bonds. The van der Waals surface area contributed by atoms with Gasteiger partial charge in [-0.25, -0.2) is 0 Å². The van der Waals surface area contributed by atoms with Crippen molar-refractivity contribution in [1.82, 2.24) is 95.7 Å². The van der Waals surface area contributed by atoms with Crippen molar-refractivity contribution >= 4 is 119 Å². The van der Waals surface area contributed by atoms with E-state index in [0.717, 1.165) is 0 Å². The number of guanidine groups is 8. The zero-order chi connectivity index (χ0) is 75.7. The highest BCUT2D eigenvalue weighted by molar-refractivity contribution is 7.80. The largest absolute Gasteiger partial charge is 0.370 e. The quantitative estimate of drug-likeness (QED) is 0.0116. The Morgan fingerprint density at radius 1 is 0.270 bits per heavy atom. The first-order valence-electron chi connectivity index (χ1n) is 32.1. The number of rotatable bonds is 53. The molecule has 46 heteroatoms. The molecule has 45 nitrogen and oxygen atoms in total. The van der Waals surface area contributed by atoms with Crippen LogP contribution in [-0.4, -0.2) is 233 Å². The number of carbonyl (C=O) groups is 10. The highest BCUT2D eigenvalue weighted by Gasteiger charge is 2.35. The molecular formula is C54H109N35O10S. The van der Waals surface area contributed by atoms with Gasteiger partial charge in [0, 0.05) is 58.1 Å². The molecule has 9 atom stereocenters. The minimum atomic E-state index is -1.58. The van der Waals surface area contributed by atoms with E-state index in [4.69, 9.17) is 94.9 Å². The van der Waals surface area contributed by atoms with Crippen LogP contribution in [0, 0.1) is 43.3 Å².